The van der Waals surface area contributed by atoms with Crippen LogP contribution in [0.4, 0.5) is 0 Å². The fourth-order valence-electron chi connectivity index (χ4n) is 4.42. The largest absolute Gasteiger partial charge is 0.342 e. The van der Waals surface area contributed by atoms with E-state index in [2.05, 4.69) is 18.8 Å². The van der Waals surface area contributed by atoms with Crippen LogP contribution in [-0.4, -0.2) is 28.9 Å². The van der Waals surface area contributed by atoms with Gasteiger partial charge in [-0.15, -0.1) is 0 Å². The normalized spacial score (nSPS) is 23.1. The molecule has 1 aliphatic rings. The van der Waals surface area contributed by atoms with Crippen molar-refractivity contribution in [2.45, 2.75) is 65.8 Å². The van der Waals surface area contributed by atoms with Crippen LogP contribution in [0.1, 0.15) is 61.9 Å². The summed E-state index contributed by atoms with van der Waals surface area (Å²) in [4.78, 5) is 29.2. The highest BCUT2D eigenvalue weighted by Gasteiger charge is 2.32. The van der Waals surface area contributed by atoms with E-state index in [1.54, 1.807) is 6.92 Å². The van der Waals surface area contributed by atoms with Crippen molar-refractivity contribution in [3.8, 4) is 6.07 Å². The van der Waals surface area contributed by atoms with Crippen LogP contribution in [0.25, 0.3) is 0 Å². The van der Waals surface area contributed by atoms with E-state index in [0.717, 1.165) is 11.3 Å². The third kappa shape index (κ3) is 3.95. The number of nitrogens with one attached hydrogen (secondary N) is 1. The Labute approximate surface area is 150 Å². The van der Waals surface area contributed by atoms with Gasteiger partial charge < -0.3 is 9.88 Å². The van der Waals surface area contributed by atoms with Crippen LogP contribution in [0.3, 0.4) is 0 Å². The fraction of sp³-hybridized carbons (Fsp3) is 0.650. The minimum absolute atomic E-state index is 0.133. The monoisotopic (exact) mass is 343 g/mol. The Morgan fingerprint density at radius 1 is 1.28 bits per heavy atom. The van der Waals surface area contributed by atoms with Gasteiger partial charge in [0, 0.05) is 25.2 Å². The van der Waals surface area contributed by atoms with E-state index in [9.17, 15) is 9.59 Å². The summed E-state index contributed by atoms with van der Waals surface area (Å²) >= 11 is 0. The maximum Gasteiger partial charge on any atom is 0.266 e. The third-order valence-electron chi connectivity index (χ3n) is 5.83. The van der Waals surface area contributed by atoms with Gasteiger partial charge in [0.2, 0.25) is 5.91 Å². The minimum Gasteiger partial charge on any atom is -0.342 e. The molecule has 0 aromatic carbocycles. The molecule has 2 atom stereocenters. The summed E-state index contributed by atoms with van der Waals surface area (Å²) in [5.41, 5.74) is 2.14. The molecular weight excluding hydrogens is 314 g/mol. The second-order valence-corrected chi connectivity index (χ2v) is 7.55. The van der Waals surface area contributed by atoms with Crippen LogP contribution in [-0.2, 0) is 11.2 Å². The molecule has 1 saturated carbocycles. The lowest BCUT2D eigenvalue weighted by Gasteiger charge is -2.41. The molecule has 1 aromatic heterocycles. The summed E-state index contributed by atoms with van der Waals surface area (Å²) < 4.78 is 0. The predicted octanol–water partition coefficient (Wildman–Crippen LogP) is 3.08. The van der Waals surface area contributed by atoms with Gasteiger partial charge in [0.15, 0.2) is 0 Å². The Bertz CT molecular complexity index is 735. The Morgan fingerprint density at radius 2 is 1.88 bits per heavy atom. The van der Waals surface area contributed by atoms with Gasteiger partial charge in [-0.1, -0.05) is 20.3 Å². The molecule has 0 radical (unpaired) electrons. The van der Waals surface area contributed by atoms with Gasteiger partial charge in [-0.3, -0.25) is 9.59 Å². The number of pyridine rings is 1. The van der Waals surface area contributed by atoms with E-state index in [0.29, 0.717) is 36.3 Å². The Kier molecular flexibility index (Phi) is 6.05. The molecular formula is C20H29N3O2. The molecule has 1 amide bonds. The van der Waals surface area contributed by atoms with Crippen LogP contribution < -0.4 is 5.56 Å². The minimum atomic E-state index is -0.352. The van der Waals surface area contributed by atoms with Crippen molar-refractivity contribution in [3.63, 3.8) is 0 Å². The summed E-state index contributed by atoms with van der Waals surface area (Å²) in [5, 5.41) is 9.16. The van der Waals surface area contributed by atoms with Crippen molar-refractivity contribution in [2.24, 2.45) is 11.8 Å². The van der Waals surface area contributed by atoms with Crippen LogP contribution in [0.2, 0.25) is 0 Å². The SMILES string of the molecule is Cc1[nH]c(=O)c(C#N)c(C)c1CCC(=O)N(C)C1C(C)CCCC1C. The highest BCUT2D eigenvalue weighted by molar-refractivity contribution is 5.76. The van der Waals surface area contributed by atoms with Gasteiger partial charge in [0.1, 0.15) is 11.6 Å². The van der Waals surface area contributed by atoms with Gasteiger partial charge >= 0.3 is 0 Å². The molecule has 5 heteroatoms. The van der Waals surface area contributed by atoms with Gasteiger partial charge in [-0.25, -0.2) is 0 Å². The average Bonchev–Trinajstić information content (AvgIpc) is 2.54. The lowest BCUT2D eigenvalue weighted by Crippen LogP contribution is -2.47. The van der Waals surface area contributed by atoms with E-state index in [1.165, 1.54) is 19.3 Å². The second-order valence-electron chi connectivity index (χ2n) is 7.55. The number of nitriles is 1. The Balaban J connectivity index is 2.12. The van der Waals surface area contributed by atoms with Gasteiger partial charge in [-0.05, 0) is 56.1 Å². The molecule has 136 valence electrons. The van der Waals surface area contributed by atoms with Crippen molar-refractivity contribution >= 4 is 5.91 Å². The van der Waals surface area contributed by atoms with Gasteiger partial charge in [0.05, 0.1) is 0 Å². The molecule has 25 heavy (non-hydrogen) atoms. The zero-order chi connectivity index (χ0) is 18.7. The van der Waals surface area contributed by atoms with Crippen molar-refractivity contribution in [2.75, 3.05) is 7.05 Å². The number of hydrogen-bond donors (Lipinski definition) is 1. The smallest absolute Gasteiger partial charge is 0.266 e. The van der Waals surface area contributed by atoms with E-state index in [4.69, 9.17) is 5.26 Å². The number of H-pyrrole nitrogens is 1. The van der Waals surface area contributed by atoms with Crippen LogP contribution in [0.5, 0.6) is 0 Å². The fourth-order valence-corrected chi connectivity index (χ4v) is 4.42. The molecule has 5 nitrogen and oxygen atoms in total. The number of nitrogens with zero attached hydrogens (tertiary/aromatic N) is 2. The number of amides is 1. The van der Waals surface area contributed by atoms with E-state index < -0.39 is 0 Å². The summed E-state index contributed by atoms with van der Waals surface area (Å²) in [6.07, 6.45) is 4.53. The van der Waals surface area contributed by atoms with Crippen LogP contribution in [0.15, 0.2) is 4.79 Å². The van der Waals surface area contributed by atoms with Gasteiger partial charge in [0.25, 0.3) is 5.56 Å². The molecule has 1 aliphatic carbocycles. The number of hydrogen-bond acceptors (Lipinski definition) is 3. The highest BCUT2D eigenvalue weighted by Crippen LogP contribution is 2.32. The molecule has 0 spiro atoms. The number of rotatable bonds is 4. The third-order valence-corrected chi connectivity index (χ3v) is 5.83. The zero-order valence-electron chi connectivity index (χ0n) is 16.0. The molecule has 1 N–H and O–H groups in total. The maximum absolute atomic E-state index is 12.7. The molecule has 0 saturated heterocycles. The lowest BCUT2D eigenvalue weighted by atomic mass is 9.78. The number of carbonyl (C=O) groups excluding carboxylic acids is 1. The first-order valence-corrected chi connectivity index (χ1v) is 9.16. The van der Waals surface area contributed by atoms with Crippen LogP contribution in [0, 0.1) is 37.0 Å². The van der Waals surface area contributed by atoms with Crippen molar-refractivity contribution < 1.29 is 4.79 Å². The predicted molar refractivity (Wildman–Crippen MR) is 98.3 cm³/mol. The highest BCUT2D eigenvalue weighted by atomic mass is 16.2. The standard InChI is InChI=1S/C20H29N3O2/c1-12-7-6-8-13(2)19(12)23(5)18(24)10-9-16-14(3)17(11-21)20(25)22-15(16)4/h12-13,19H,6-10H2,1-5H3,(H,22,25). The first kappa shape index (κ1) is 19.2. The molecule has 1 fully saturated rings. The first-order chi connectivity index (χ1) is 11.8. The molecule has 2 unspecified atom stereocenters. The summed E-state index contributed by atoms with van der Waals surface area (Å²) in [7, 11) is 1.92. The van der Waals surface area contributed by atoms with Crippen molar-refractivity contribution in [3.05, 3.63) is 32.7 Å². The molecule has 2 rings (SSSR count). The summed E-state index contributed by atoms with van der Waals surface area (Å²) in [5.74, 6) is 1.19. The van der Waals surface area contributed by atoms with E-state index in [1.807, 2.05) is 24.9 Å². The second kappa shape index (κ2) is 7.86. The maximum atomic E-state index is 12.7. The molecule has 0 bridgehead atoms. The molecule has 1 heterocycles. The quantitative estimate of drug-likeness (QED) is 0.912. The zero-order valence-corrected chi connectivity index (χ0v) is 16.0. The molecule has 0 aliphatic heterocycles. The van der Waals surface area contributed by atoms with Crippen LogP contribution >= 0.6 is 0 Å². The van der Waals surface area contributed by atoms with Crippen molar-refractivity contribution in [1.29, 1.82) is 5.26 Å². The lowest BCUT2D eigenvalue weighted by molar-refractivity contribution is -0.134. The van der Waals surface area contributed by atoms with Gasteiger partial charge in [-0.2, -0.15) is 5.26 Å². The molecule has 1 aromatic rings. The summed E-state index contributed by atoms with van der Waals surface area (Å²) in [6.45, 7) is 8.08. The topological polar surface area (TPSA) is 77.0 Å². The Morgan fingerprint density at radius 3 is 2.44 bits per heavy atom. The van der Waals surface area contributed by atoms with Crippen molar-refractivity contribution in [1.82, 2.24) is 9.88 Å². The number of aromatic amines is 1. The average molecular weight is 343 g/mol. The number of aryl methyl sites for hydroxylation is 1. The number of aromatic nitrogens is 1. The first-order valence-electron chi connectivity index (χ1n) is 9.16. The Hall–Kier alpha value is -2.09. The summed E-state index contributed by atoms with van der Waals surface area (Å²) in [6, 6.07) is 2.27. The number of carbonyl (C=O) groups is 1. The van der Waals surface area contributed by atoms with E-state index >= 15 is 0 Å². The van der Waals surface area contributed by atoms with E-state index in [-0.39, 0.29) is 17.0 Å².